The highest BCUT2D eigenvalue weighted by atomic mass is 35.5. The molecule has 2 aromatic rings. The summed E-state index contributed by atoms with van der Waals surface area (Å²) in [6, 6.07) is 0. The van der Waals surface area contributed by atoms with Gasteiger partial charge in [-0.1, -0.05) is 11.6 Å². The molecule has 0 radical (unpaired) electrons. The predicted molar refractivity (Wildman–Crippen MR) is 89.5 cm³/mol. The molecule has 7 nitrogen and oxygen atoms in total. The Kier molecular flexibility index (Phi) is 5.85. The van der Waals surface area contributed by atoms with Gasteiger partial charge in [-0.3, -0.25) is 4.68 Å². The van der Waals surface area contributed by atoms with Crippen molar-refractivity contribution in [2.75, 3.05) is 6.54 Å². The van der Waals surface area contributed by atoms with Crippen LogP contribution in [-0.2, 0) is 16.6 Å². The van der Waals surface area contributed by atoms with Crippen molar-refractivity contribution in [1.29, 1.82) is 0 Å². The van der Waals surface area contributed by atoms with Crippen LogP contribution in [0.5, 0.6) is 0 Å². The molecule has 0 atom stereocenters. The molecule has 2 aromatic heterocycles. The number of aromatic nitrogens is 4. The molecule has 0 aliphatic heterocycles. The van der Waals surface area contributed by atoms with Crippen molar-refractivity contribution >= 4 is 21.6 Å². The second-order valence-corrected chi connectivity index (χ2v) is 7.76. The van der Waals surface area contributed by atoms with Crippen molar-refractivity contribution < 1.29 is 17.2 Å². The minimum absolute atomic E-state index is 0.0376. The Morgan fingerprint density at radius 3 is 2.24 bits per heavy atom. The molecule has 0 spiro atoms. The average Bonchev–Trinajstić information content (AvgIpc) is 2.95. The third-order valence-electron chi connectivity index (χ3n) is 3.84. The highest BCUT2D eigenvalue weighted by Crippen LogP contribution is 2.23. The zero-order valence-corrected chi connectivity index (χ0v) is 15.9. The summed E-state index contributed by atoms with van der Waals surface area (Å²) in [5, 5.41) is 8.45. The Morgan fingerprint density at radius 1 is 1.12 bits per heavy atom. The quantitative estimate of drug-likeness (QED) is 0.731. The fourth-order valence-electron chi connectivity index (χ4n) is 2.63. The molecule has 0 saturated heterocycles. The van der Waals surface area contributed by atoms with E-state index in [4.69, 9.17) is 11.6 Å². The molecular formula is C14H20ClF2N5O2S. The van der Waals surface area contributed by atoms with E-state index in [1.807, 2.05) is 6.92 Å². The number of sulfonamides is 1. The monoisotopic (exact) mass is 395 g/mol. The molecule has 1 N–H and O–H groups in total. The molecule has 0 fully saturated rings. The molecule has 140 valence electrons. The van der Waals surface area contributed by atoms with E-state index in [1.54, 1.807) is 11.6 Å². The SMILES string of the molecule is Cc1nn(CCCNS(=O)(=O)c2c(C)nn(C(F)F)c2C)c(C)c1Cl. The topological polar surface area (TPSA) is 81.8 Å². The molecule has 0 aromatic carbocycles. The van der Waals surface area contributed by atoms with Gasteiger partial charge in [0.25, 0.3) is 0 Å². The molecule has 11 heteroatoms. The minimum Gasteiger partial charge on any atom is -0.268 e. The van der Waals surface area contributed by atoms with Crippen LogP contribution in [0.15, 0.2) is 4.90 Å². The summed E-state index contributed by atoms with van der Waals surface area (Å²) in [7, 11) is -3.92. The summed E-state index contributed by atoms with van der Waals surface area (Å²) < 4.78 is 55.0. The lowest BCUT2D eigenvalue weighted by atomic mass is 10.4. The van der Waals surface area contributed by atoms with Crippen LogP contribution >= 0.6 is 11.6 Å². The number of hydrogen-bond donors (Lipinski definition) is 1. The summed E-state index contributed by atoms with van der Waals surface area (Å²) in [6.45, 7) is 4.04. The first-order chi connectivity index (χ1) is 11.6. The maximum absolute atomic E-state index is 12.8. The van der Waals surface area contributed by atoms with Crippen molar-refractivity contribution in [2.45, 2.75) is 52.1 Å². The summed E-state index contributed by atoms with van der Waals surface area (Å²) in [5.74, 6) is 0. The third-order valence-corrected chi connectivity index (χ3v) is 6.10. The number of nitrogens with one attached hydrogen (secondary N) is 1. The molecular weight excluding hydrogens is 376 g/mol. The van der Waals surface area contributed by atoms with E-state index in [2.05, 4.69) is 14.9 Å². The van der Waals surface area contributed by atoms with Gasteiger partial charge in [-0.05, 0) is 34.1 Å². The van der Waals surface area contributed by atoms with Crippen LogP contribution in [-0.4, -0.2) is 34.5 Å². The Morgan fingerprint density at radius 2 is 1.76 bits per heavy atom. The van der Waals surface area contributed by atoms with Gasteiger partial charge in [-0.25, -0.2) is 17.8 Å². The van der Waals surface area contributed by atoms with E-state index < -0.39 is 16.6 Å². The predicted octanol–water partition coefficient (Wildman–Crippen LogP) is 2.73. The van der Waals surface area contributed by atoms with Crippen molar-refractivity contribution in [3.05, 3.63) is 27.8 Å². The molecule has 0 unspecified atom stereocenters. The summed E-state index contributed by atoms with van der Waals surface area (Å²) >= 11 is 6.06. The smallest absolute Gasteiger partial charge is 0.268 e. The number of rotatable bonds is 7. The van der Waals surface area contributed by atoms with Crippen LogP contribution in [0.3, 0.4) is 0 Å². The van der Waals surface area contributed by atoms with Crippen LogP contribution < -0.4 is 4.72 Å². The fourth-order valence-corrected chi connectivity index (χ4v) is 4.23. The molecule has 2 heterocycles. The Hall–Kier alpha value is -1.52. The Balaban J connectivity index is 2.04. The molecule has 0 aliphatic rings. The van der Waals surface area contributed by atoms with Gasteiger partial charge in [0.2, 0.25) is 10.0 Å². The largest absolute Gasteiger partial charge is 0.333 e. The maximum Gasteiger partial charge on any atom is 0.333 e. The normalized spacial score (nSPS) is 12.3. The van der Waals surface area contributed by atoms with Gasteiger partial charge in [0, 0.05) is 13.1 Å². The molecule has 25 heavy (non-hydrogen) atoms. The van der Waals surface area contributed by atoms with Gasteiger partial charge in [0.05, 0.1) is 27.8 Å². The van der Waals surface area contributed by atoms with E-state index in [0.29, 0.717) is 28.4 Å². The number of hydrogen-bond acceptors (Lipinski definition) is 4. The van der Waals surface area contributed by atoms with E-state index in [1.165, 1.54) is 13.8 Å². The molecule has 2 rings (SSSR count). The Bertz CT molecular complexity index is 876. The lowest BCUT2D eigenvalue weighted by molar-refractivity contribution is 0.0538. The van der Waals surface area contributed by atoms with Crippen molar-refractivity contribution in [3.8, 4) is 0 Å². The lowest BCUT2D eigenvalue weighted by Crippen LogP contribution is -2.26. The van der Waals surface area contributed by atoms with Crippen molar-refractivity contribution in [3.63, 3.8) is 0 Å². The second-order valence-electron chi connectivity index (χ2n) is 5.68. The maximum atomic E-state index is 12.8. The standard InChI is InChI=1S/C14H20ClF2N5O2S/c1-8-12(15)10(3)21(19-8)7-5-6-18-25(23,24)13-9(2)20-22(11(13)4)14(16)17/h14,18H,5-7H2,1-4H3. The number of nitrogens with zero attached hydrogens (tertiary/aromatic N) is 4. The molecule has 0 amide bonds. The van der Waals surface area contributed by atoms with Gasteiger partial charge in [-0.15, -0.1) is 0 Å². The first-order valence-corrected chi connectivity index (χ1v) is 9.45. The van der Waals surface area contributed by atoms with E-state index in [0.717, 1.165) is 5.69 Å². The minimum atomic E-state index is -3.92. The zero-order valence-electron chi connectivity index (χ0n) is 14.3. The molecule has 0 saturated carbocycles. The van der Waals surface area contributed by atoms with E-state index in [-0.39, 0.29) is 22.8 Å². The van der Waals surface area contributed by atoms with Gasteiger partial charge in [-0.2, -0.15) is 19.0 Å². The van der Waals surface area contributed by atoms with Gasteiger partial charge in [0.15, 0.2) is 0 Å². The average molecular weight is 396 g/mol. The van der Waals surface area contributed by atoms with Gasteiger partial charge in [0.1, 0.15) is 4.90 Å². The van der Waals surface area contributed by atoms with Crippen molar-refractivity contribution in [1.82, 2.24) is 24.3 Å². The summed E-state index contributed by atoms with van der Waals surface area (Å²) in [6.07, 6.45) is 0.471. The van der Waals surface area contributed by atoms with Crippen molar-refractivity contribution in [2.24, 2.45) is 0 Å². The first-order valence-electron chi connectivity index (χ1n) is 7.59. The fraction of sp³-hybridized carbons (Fsp3) is 0.571. The number of halogens is 3. The highest BCUT2D eigenvalue weighted by Gasteiger charge is 2.26. The van der Waals surface area contributed by atoms with Crippen LogP contribution in [0.25, 0.3) is 0 Å². The van der Waals surface area contributed by atoms with Gasteiger partial charge < -0.3 is 0 Å². The Labute approximate surface area is 150 Å². The summed E-state index contributed by atoms with van der Waals surface area (Å²) in [4.78, 5) is -0.207. The molecule has 0 bridgehead atoms. The molecule has 0 aliphatic carbocycles. The van der Waals surface area contributed by atoms with E-state index >= 15 is 0 Å². The third kappa shape index (κ3) is 4.01. The first kappa shape index (κ1) is 19.8. The number of aryl methyl sites for hydroxylation is 3. The highest BCUT2D eigenvalue weighted by molar-refractivity contribution is 7.89. The van der Waals surface area contributed by atoms with Crippen LogP contribution in [0.4, 0.5) is 8.78 Å². The van der Waals surface area contributed by atoms with Crippen LogP contribution in [0.2, 0.25) is 5.02 Å². The van der Waals surface area contributed by atoms with E-state index in [9.17, 15) is 17.2 Å². The van der Waals surface area contributed by atoms with Crippen LogP contribution in [0, 0.1) is 27.7 Å². The van der Waals surface area contributed by atoms with Crippen LogP contribution in [0.1, 0.15) is 35.7 Å². The van der Waals surface area contributed by atoms with Gasteiger partial charge >= 0.3 is 6.55 Å². The lowest BCUT2D eigenvalue weighted by Gasteiger charge is -2.08. The number of alkyl halides is 2. The summed E-state index contributed by atoms with van der Waals surface area (Å²) in [5.41, 5.74) is 1.47. The second kappa shape index (κ2) is 7.38. The zero-order chi connectivity index (χ0) is 18.9.